The van der Waals surface area contributed by atoms with Gasteiger partial charge in [0.1, 0.15) is 5.84 Å². The Morgan fingerprint density at radius 3 is 2.56 bits per heavy atom. The molecular weight excluding hydrogens is 332 g/mol. The van der Waals surface area contributed by atoms with Crippen LogP contribution in [-0.4, -0.2) is 48.3 Å². The molecule has 2 aliphatic rings. The van der Waals surface area contributed by atoms with E-state index in [1.165, 1.54) is 49.3 Å². The predicted molar refractivity (Wildman–Crippen MR) is 115 cm³/mol. The van der Waals surface area contributed by atoms with Crippen LogP contribution in [0, 0.1) is 0 Å². The summed E-state index contributed by atoms with van der Waals surface area (Å²) in [6.07, 6.45) is 8.70. The molecule has 0 unspecified atom stereocenters. The molecule has 1 aliphatic heterocycles. The highest BCUT2D eigenvalue weighted by molar-refractivity contribution is 6.00. The van der Waals surface area contributed by atoms with E-state index in [0.717, 1.165) is 30.4 Å². The lowest BCUT2D eigenvalue weighted by Crippen LogP contribution is -2.38. The van der Waals surface area contributed by atoms with Crippen molar-refractivity contribution in [3.63, 3.8) is 0 Å². The van der Waals surface area contributed by atoms with E-state index in [1.807, 2.05) is 0 Å². The Bertz CT molecular complexity index is 843. The molecule has 0 N–H and O–H groups in total. The van der Waals surface area contributed by atoms with Crippen LogP contribution >= 0.6 is 0 Å². The Balaban J connectivity index is 1.75. The lowest BCUT2D eigenvalue weighted by atomic mass is 9.95. The second kappa shape index (κ2) is 8.12. The van der Waals surface area contributed by atoms with Gasteiger partial charge in [0.05, 0.1) is 5.69 Å². The first-order valence-corrected chi connectivity index (χ1v) is 10.3. The molecular formula is C23H30N4. The van der Waals surface area contributed by atoms with Crippen molar-refractivity contribution < 1.29 is 0 Å². The number of guanidine groups is 1. The summed E-state index contributed by atoms with van der Waals surface area (Å²) in [5, 5.41) is 2.42. The third-order valence-electron chi connectivity index (χ3n) is 5.99. The summed E-state index contributed by atoms with van der Waals surface area (Å²) >= 11 is 0. The van der Waals surface area contributed by atoms with Crippen molar-refractivity contribution in [2.75, 3.05) is 20.6 Å². The van der Waals surface area contributed by atoms with Crippen LogP contribution < -0.4 is 0 Å². The topological polar surface area (TPSA) is 31.2 Å². The van der Waals surface area contributed by atoms with E-state index in [0.29, 0.717) is 6.04 Å². The first-order valence-electron chi connectivity index (χ1n) is 10.3. The molecule has 2 fully saturated rings. The Hall–Kier alpha value is -2.36. The summed E-state index contributed by atoms with van der Waals surface area (Å²) in [6, 6.07) is 15.4. The van der Waals surface area contributed by atoms with E-state index in [-0.39, 0.29) is 0 Å². The normalized spacial score (nSPS) is 20.6. The zero-order valence-corrected chi connectivity index (χ0v) is 16.6. The highest BCUT2D eigenvalue weighted by atomic mass is 15.3. The van der Waals surface area contributed by atoms with Crippen LogP contribution in [0.3, 0.4) is 0 Å². The lowest BCUT2D eigenvalue weighted by Gasteiger charge is -2.32. The fourth-order valence-electron chi connectivity index (χ4n) is 4.28. The smallest absolute Gasteiger partial charge is 0.227 e. The SMILES string of the molecule is CN1CCCC1=NC(=Nc1cccc2ccccc12)N(C)C1CCCCC1. The van der Waals surface area contributed by atoms with Gasteiger partial charge in [0.25, 0.3) is 0 Å². The van der Waals surface area contributed by atoms with Crippen LogP contribution in [0.15, 0.2) is 52.4 Å². The molecule has 4 nitrogen and oxygen atoms in total. The minimum atomic E-state index is 0.545. The second-order valence-corrected chi connectivity index (χ2v) is 7.87. The van der Waals surface area contributed by atoms with Gasteiger partial charge in [0.15, 0.2) is 0 Å². The molecule has 1 saturated heterocycles. The van der Waals surface area contributed by atoms with Gasteiger partial charge in [-0.05, 0) is 30.7 Å². The summed E-state index contributed by atoms with van der Waals surface area (Å²) in [7, 11) is 4.32. The number of likely N-dealkylation sites (tertiary alicyclic amines) is 1. The maximum Gasteiger partial charge on any atom is 0.227 e. The van der Waals surface area contributed by atoms with Crippen LogP contribution in [0.1, 0.15) is 44.9 Å². The van der Waals surface area contributed by atoms with Gasteiger partial charge in [-0.1, -0.05) is 55.7 Å². The van der Waals surface area contributed by atoms with Gasteiger partial charge >= 0.3 is 0 Å². The maximum atomic E-state index is 5.09. The number of nitrogens with zero attached hydrogens (tertiary/aromatic N) is 4. The largest absolute Gasteiger partial charge is 0.363 e. The van der Waals surface area contributed by atoms with E-state index in [2.05, 4.69) is 66.4 Å². The van der Waals surface area contributed by atoms with Crippen LogP contribution in [0.5, 0.6) is 0 Å². The molecule has 0 amide bonds. The molecule has 0 spiro atoms. The molecule has 2 aromatic carbocycles. The number of amidine groups is 1. The second-order valence-electron chi connectivity index (χ2n) is 7.87. The number of rotatable bonds is 2. The number of aliphatic imine (C=N–C) groups is 2. The Morgan fingerprint density at radius 2 is 1.78 bits per heavy atom. The average Bonchev–Trinajstić information content (AvgIpc) is 3.12. The zero-order valence-electron chi connectivity index (χ0n) is 16.6. The molecule has 4 heteroatoms. The van der Waals surface area contributed by atoms with Crippen molar-refractivity contribution in [1.82, 2.24) is 9.80 Å². The molecule has 1 aliphatic carbocycles. The number of benzene rings is 2. The minimum absolute atomic E-state index is 0.545. The zero-order chi connectivity index (χ0) is 18.6. The maximum absolute atomic E-state index is 5.09. The highest BCUT2D eigenvalue weighted by Gasteiger charge is 2.23. The molecule has 142 valence electrons. The van der Waals surface area contributed by atoms with Crippen molar-refractivity contribution in [2.24, 2.45) is 9.98 Å². The quantitative estimate of drug-likeness (QED) is 0.542. The summed E-state index contributed by atoms with van der Waals surface area (Å²) in [6.45, 7) is 1.09. The monoisotopic (exact) mass is 362 g/mol. The fourth-order valence-corrected chi connectivity index (χ4v) is 4.28. The standard InChI is InChI=1S/C23H30N4/c1-26-17-9-16-22(26)25-23(27(2)19-12-4-3-5-13-19)24-21-15-8-11-18-10-6-7-14-20(18)21/h6-8,10-11,14-15,19H,3-5,9,12-13,16-17H2,1-2H3. The van der Waals surface area contributed by atoms with Crippen molar-refractivity contribution in [2.45, 2.75) is 51.0 Å². The lowest BCUT2D eigenvalue weighted by molar-refractivity contribution is 0.276. The summed E-state index contributed by atoms with van der Waals surface area (Å²) in [5.41, 5.74) is 1.01. The van der Waals surface area contributed by atoms with E-state index in [1.54, 1.807) is 0 Å². The van der Waals surface area contributed by atoms with E-state index in [9.17, 15) is 0 Å². The average molecular weight is 363 g/mol. The van der Waals surface area contributed by atoms with Gasteiger partial charge in [-0.15, -0.1) is 0 Å². The van der Waals surface area contributed by atoms with Crippen LogP contribution in [0.25, 0.3) is 10.8 Å². The highest BCUT2D eigenvalue weighted by Crippen LogP contribution is 2.28. The van der Waals surface area contributed by atoms with Crippen molar-refractivity contribution in [3.05, 3.63) is 42.5 Å². The first-order chi connectivity index (χ1) is 13.2. The molecule has 1 heterocycles. The van der Waals surface area contributed by atoms with Gasteiger partial charge in [0.2, 0.25) is 5.96 Å². The summed E-state index contributed by atoms with van der Waals surface area (Å²) in [5.74, 6) is 2.03. The van der Waals surface area contributed by atoms with Crippen molar-refractivity contribution in [1.29, 1.82) is 0 Å². The van der Waals surface area contributed by atoms with E-state index >= 15 is 0 Å². The third kappa shape index (κ3) is 4.00. The minimum Gasteiger partial charge on any atom is -0.363 e. The van der Waals surface area contributed by atoms with Crippen molar-refractivity contribution in [3.8, 4) is 0 Å². The van der Waals surface area contributed by atoms with E-state index < -0.39 is 0 Å². The Kier molecular flexibility index (Phi) is 5.42. The number of hydrogen-bond acceptors (Lipinski definition) is 1. The van der Waals surface area contributed by atoms with E-state index in [4.69, 9.17) is 9.98 Å². The van der Waals surface area contributed by atoms with Gasteiger partial charge in [-0.3, -0.25) is 0 Å². The fraction of sp³-hybridized carbons (Fsp3) is 0.478. The molecule has 1 saturated carbocycles. The predicted octanol–water partition coefficient (Wildman–Crippen LogP) is 5.22. The summed E-state index contributed by atoms with van der Waals surface area (Å²) in [4.78, 5) is 14.7. The molecule has 2 aromatic rings. The first kappa shape index (κ1) is 18.0. The molecule has 0 bridgehead atoms. The van der Waals surface area contributed by atoms with Gasteiger partial charge in [0, 0.05) is 38.5 Å². The number of fused-ring (bicyclic) bond motifs is 1. The van der Waals surface area contributed by atoms with Gasteiger partial charge in [-0.2, -0.15) is 4.99 Å². The molecule has 4 rings (SSSR count). The molecule has 0 atom stereocenters. The van der Waals surface area contributed by atoms with Crippen molar-refractivity contribution >= 4 is 28.3 Å². The van der Waals surface area contributed by atoms with Gasteiger partial charge in [-0.25, -0.2) is 4.99 Å². The molecule has 27 heavy (non-hydrogen) atoms. The Labute approximate surface area is 162 Å². The van der Waals surface area contributed by atoms with Crippen LogP contribution in [-0.2, 0) is 0 Å². The van der Waals surface area contributed by atoms with Gasteiger partial charge < -0.3 is 9.80 Å². The van der Waals surface area contributed by atoms with Crippen LogP contribution in [0.2, 0.25) is 0 Å². The number of hydrogen-bond donors (Lipinski definition) is 0. The summed E-state index contributed by atoms with van der Waals surface area (Å²) < 4.78 is 0. The third-order valence-corrected chi connectivity index (χ3v) is 5.99. The Morgan fingerprint density at radius 1 is 1.00 bits per heavy atom. The molecule has 0 aromatic heterocycles. The molecule has 0 radical (unpaired) electrons. The van der Waals surface area contributed by atoms with Crippen LogP contribution in [0.4, 0.5) is 5.69 Å².